The number of hydrogen-bond acceptors (Lipinski definition) is 3. The fourth-order valence-electron chi connectivity index (χ4n) is 1.45. The maximum absolute atomic E-state index is 11.8. The number of aromatic nitrogens is 1. The zero-order valence-electron chi connectivity index (χ0n) is 8.93. The molecule has 0 fully saturated rings. The van der Waals surface area contributed by atoms with Crippen LogP contribution in [-0.4, -0.2) is 17.4 Å². The van der Waals surface area contributed by atoms with E-state index < -0.39 is 0 Å². The van der Waals surface area contributed by atoms with Gasteiger partial charge < -0.3 is 5.32 Å². The van der Waals surface area contributed by atoms with Crippen molar-refractivity contribution in [1.29, 1.82) is 0 Å². The van der Waals surface area contributed by atoms with Gasteiger partial charge in [-0.3, -0.25) is 4.79 Å². The Bertz CT molecular complexity index is 479. The highest BCUT2D eigenvalue weighted by atomic mass is 32.1. The van der Waals surface area contributed by atoms with Crippen molar-refractivity contribution in [2.24, 2.45) is 0 Å². The highest BCUT2D eigenvalue weighted by Gasteiger charge is 2.14. The third kappa shape index (κ3) is 2.12. The number of thiazole rings is 1. The van der Waals surface area contributed by atoms with Crippen molar-refractivity contribution in [1.82, 2.24) is 10.3 Å². The van der Waals surface area contributed by atoms with Crippen LogP contribution in [0.25, 0.3) is 11.3 Å². The molecule has 2 aromatic rings. The predicted octanol–water partition coefficient (Wildman–Crippen LogP) is 2.56. The zero-order valence-corrected chi connectivity index (χ0v) is 9.75. The second-order valence-electron chi connectivity index (χ2n) is 3.26. The van der Waals surface area contributed by atoms with Crippen molar-refractivity contribution in [2.45, 2.75) is 6.92 Å². The first kappa shape index (κ1) is 10.8. The van der Waals surface area contributed by atoms with Gasteiger partial charge in [0, 0.05) is 12.1 Å². The van der Waals surface area contributed by atoms with Gasteiger partial charge in [0.05, 0.1) is 11.2 Å². The molecule has 0 spiro atoms. The molecule has 1 N–H and O–H groups in total. The van der Waals surface area contributed by atoms with Gasteiger partial charge in [0.25, 0.3) is 5.91 Å². The molecule has 0 aliphatic heterocycles. The highest BCUT2D eigenvalue weighted by molar-refractivity contribution is 7.12. The van der Waals surface area contributed by atoms with E-state index in [4.69, 9.17) is 0 Å². The minimum Gasteiger partial charge on any atom is -0.352 e. The van der Waals surface area contributed by atoms with Crippen LogP contribution in [0.2, 0.25) is 0 Å². The van der Waals surface area contributed by atoms with Crippen molar-refractivity contribution >= 4 is 17.2 Å². The Morgan fingerprint density at radius 3 is 2.81 bits per heavy atom. The van der Waals surface area contributed by atoms with Gasteiger partial charge in [0.1, 0.15) is 4.88 Å². The van der Waals surface area contributed by atoms with E-state index in [1.54, 1.807) is 5.51 Å². The van der Waals surface area contributed by atoms with Gasteiger partial charge >= 0.3 is 0 Å². The fourth-order valence-corrected chi connectivity index (χ4v) is 2.17. The Kier molecular flexibility index (Phi) is 3.31. The van der Waals surface area contributed by atoms with Crippen LogP contribution in [0.5, 0.6) is 0 Å². The van der Waals surface area contributed by atoms with E-state index in [1.807, 2.05) is 37.3 Å². The molecule has 0 bridgehead atoms. The predicted molar refractivity (Wildman–Crippen MR) is 65.6 cm³/mol. The third-order valence-corrected chi connectivity index (χ3v) is 2.98. The van der Waals surface area contributed by atoms with Crippen LogP contribution in [0.4, 0.5) is 0 Å². The average molecular weight is 232 g/mol. The summed E-state index contributed by atoms with van der Waals surface area (Å²) >= 11 is 1.37. The number of amides is 1. The molecule has 1 amide bonds. The molecule has 1 heterocycles. The quantitative estimate of drug-likeness (QED) is 0.883. The lowest BCUT2D eigenvalue weighted by Crippen LogP contribution is -2.22. The second-order valence-corrected chi connectivity index (χ2v) is 4.11. The normalized spacial score (nSPS) is 10.1. The number of rotatable bonds is 3. The van der Waals surface area contributed by atoms with Crippen LogP contribution in [0.15, 0.2) is 35.8 Å². The molecule has 0 saturated carbocycles. The number of hydrogen-bond donors (Lipinski definition) is 1. The van der Waals surface area contributed by atoms with Crippen LogP contribution < -0.4 is 5.32 Å². The number of nitrogens with one attached hydrogen (secondary N) is 1. The molecule has 2 rings (SSSR count). The molecule has 82 valence electrons. The van der Waals surface area contributed by atoms with Crippen LogP contribution in [-0.2, 0) is 0 Å². The summed E-state index contributed by atoms with van der Waals surface area (Å²) in [4.78, 5) is 16.7. The number of carbonyl (C=O) groups excluding carboxylic acids is 1. The Morgan fingerprint density at radius 2 is 2.12 bits per heavy atom. The maximum Gasteiger partial charge on any atom is 0.263 e. The summed E-state index contributed by atoms with van der Waals surface area (Å²) in [5.41, 5.74) is 3.44. The molecule has 0 saturated heterocycles. The molecule has 0 aliphatic rings. The molecule has 4 heteroatoms. The zero-order chi connectivity index (χ0) is 11.4. The molecule has 3 nitrogen and oxygen atoms in total. The van der Waals surface area contributed by atoms with E-state index in [9.17, 15) is 4.79 Å². The van der Waals surface area contributed by atoms with Crippen molar-refractivity contribution in [3.63, 3.8) is 0 Å². The summed E-state index contributed by atoms with van der Waals surface area (Å²) in [5, 5.41) is 2.79. The van der Waals surface area contributed by atoms with Gasteiger partial charge in [-0.1, -0.05) is 30.3 Å². The van der Waals surface area contributed by atoms with Crippen molar-refractivity contribution in [3.05, 3.63) is 40.7 Å². The summed E-state index contributed by atoms with van der Waals surface area (Å²) in [6.07, 6.45) is 0. The molecular weight excluding hydrogens is 220 g/mol. The molecule has 0 atom stereocenters. The van der Waals surface area contributed by atoms with Gasteiger partial charge in [-0.2, -0.15) is 0 Å². The third-order valence-electron chi connectivity index (χ3n) is 2.16. The van der Waals surface area contributed by atoms with Crippen LogP contribution >= 0.6 is 11.3 Å². The Hall–Kier alpha value is -1.68. The van der Waals surface area contributed by atoms with Gasteiger partial charge in [0.15, 0.2) is 0 Å². The molecule has 16 heavy (non-hydrogen) atoms. The Balaban J connectivity index is 2.37. The van der Waals surface area contributed by atoms with E-state index in [1.165, 1.54) is 11.3 Å². The van der Waals surface area contributed by atoms with Gasteiger partial charge in [-0.15, -0.1) is 11.3 Å². The SMILES string of the molecule is CCNC(=O)c1scnc1-c1ccccc1. The van der Waals surface area contributed by atoms with E-state index in [2.05, 4.69) is 10.3 Å². The van der Waals surface area contributed by atoms with Crippen LogP contribution in [0.1, 0.15) is 16.6 Å². The van der Waals surface area contributed by atoms with E-state index in [0.29, 0.717) is 11.4 Å². The highest BCUT2D eigenvalue weighted by Crippen LogP contribution is 2.24. The monoisotopic (exact) mass is 232 g/mol. The van der Waals surface area contributed by atoms with E-state index in [-0.39, 0.29) is 5.91 Å². The molecule has 1 aromatic heterocycles. The second kappa shape index (κ2) is 4.90. The minimum absolute atomic E-state index is 0.0520. The van der Waals surface area contributed by atoms with Gasteiger partial charge in [-0.05, 0) is 6.92 Å². The molecule has 0 aliphatic carbocycles. The van der Waals surface area contributed by atoms with Crippen molar-refractivity contribution in [2.75, 3.05) is 6.54 Å². The summed E-state index contributed by atoms with van der Waals surface area (Å²) in [7, 11) is 0. The maximum atomic E-state index is 11.8. The average Bonchev–Trinajstić information content (AvgIpc) is 2.79. The summed E-state index contributed by atoms with van der Waals surface area (Å²) in [6, 6.07) is 9.74. The molecule has 0 unspecified atom stereocenters. The molecule has 0 radical (unpaired) electrons. The van der Waals surface area contributed by atoms with E-state index >= 15 is 0 Å². The van der Waals surface area contributed by atoms with Crippen LogP contribution in [0.3, 0.4) is 0 Å². The fraction of sp³-hybridized carbons (Fsp3) is 0.167. The van der Waals surface area contributed by atoms with E-state index in [0.717, 1.165) is 11.3 Å². The lowest BCUT2D eigenvalue weighted by molar-refractivity contribution is 0.0960. The summed E-state index contributed by atoms with van der Waals surface area (Å²) in [6.45, 7) is 2.53. The molecule has 1 aromatic carbocycles. The lowest BCUT2D eigenvalue weighted by Gasteiger charge is -2.02. The number of carbonyl (C=O) groups is 1. The van der Waals surface area contributed by atoms with Crippen LogP contribution in [0, 0.1) is 0 Å². The largest absolute Gasteiger partial charge is 0.352 e. The smallest absolute Gasteiger partial charge is 0.263 e. The molecular formula is C12H12N2OS. The number of nitrogens with zero attached hydrogens (tertiary/aromatic N) is 1. The minimum atomic E-state index is -0.0520. The number of benzene rings is 1. The first-order valence-corrected chi connectivity index (χ1v) is 5.98. The summed E-state index contributed by atoms with van der Waals surface area (Å²) < 4.78 is 0. The van der Waals surface area contributed by atoms with Crippen molar-refractivity contribution < 1.29 is 4.79 Å². The standard InChI is InChI=1S/C12H12N2OS/c1-2-13-12(15)11-10(14-8-16-11)9-6-4-3-5-7-9/h3-8H,2H2,1H3,(H,13,15). The topological polar surface area (TPSA) is 42.0 Å². The van der Waals surface area contributed by atoms with Gasteiger partial charge in [-0.25, -0.2) is 4.98 Å². The lowest BCUT2D eigenvalue weighted by atomic mass is 10.1. The first-order chi connectivity index (χ1) is 7.83. The summed E-state index contributed by atoms with van der Waals surface area (Å²) in [5.74, 6) is -0.0520. The Morgan fingerprint density at radius 1 is 1.38 bits per heavy atom. The van der Waals surface area contributed by atoms with Crippen molar-refractivity contribution in [3.8, 4) is 11.3 Å². The van der Waals surface area contributed by atoms with Gasteiger partial charge in [0.2, 0.25) is 0 Å². The Labute approximate surface area is 98.2 Å². The first-order valence-electron chi connectivity index (χ1n) is 5.10.